The summed E-state index contributed by atoms with van der Waals surface area (Å²) in [6, 6.07) is 10.9. The average Bonchev–Trinajstić information content (AvgIpc) is 3.04. The predicted octanol–water partition coefficient (Wildman–Crippen LogP) is 2.55. The molecule has 1 atom stereocenters. The normalized spacial score (nSPS) is 27.1. The zero-order chi connectivity index (χ0) is 17.1. The minimum atomic E-state index is 0.287. The fraction of sp³-hybridized carbons (Fsp3) is 0.650. The van der Waals surface area contributed by atoms with Crippen molar-refractivity contribution in [3.05, 3.63) is 30.3 Å². The molecule has 136 valence electrons. The van der Waals surface area contributed by atoms with Crippen LogP contribution in [0.25, 0.3) is 0 Å². The molecule has 3 heterocycles. The summed E-state index contributed by atoms with van der Waals surface area (Å²) in [4.78, 5) is 19.7. The molecule has 0 saturated carbocycles. The third-order valence-corrected chi connectivity index (χ3v) is 6.95. The zero-order valence-corrected chi connectivity index (χ0v) is 15.8. The van der Waals surface area contributed by atoms with E-state index in [4.69, 9.17) is 0 Å². The molecule has 1 amide bonds. The highest BCUT2D eigenvalue weighted by Crippen LogP contribution is 2.26. The van der Waals surface area contributed by atoms with E-state index in [0.29, 0.717) is 12.3 Å². The van der Waals surface area contributed by atoms with Crippen LogP contribution in [0.3, 0.4) is 0 Å². The van der Waals surface area contributed by atoms with Gasteiger partial charge in [-0.25, -0.2) is 0 Å². The molecular formula is C20H29N3OS. The van der Waals surface area contributed by atoms with Crippen LogP contribution in [0.1, 0.15) is 19.3 Å². The lowest BCUT2D eigenvalue weighted by Crippen LogP contribution is -2.52. The first-order valence-electron chi connectivity index (χ1n) is 9.69. The van der Waals surface area contributed by atoms with Gasteiger partial charge in [-0.2, -0.15) is 11.8 Å². The van der Waals surface area contributed by atoms with Gasteiger partial charge in [0.2, 0.25) is 5.91 Å². The molecule has 1 aromatic rings. The first-order valence-corrected chi connectivity index (χ1v) is 10.8. The van der Waals surface area contributed by atoms with E-state index in [2.05, 4.69) is 21.6 Å². The SMILES string of the molecule is O=C1C[C@H](CN2CCN(C3CCSCC3)CC2)CN1c1ccccc1. The molecule has 3 fully saturated rings. The molecule has 3 aliphatic rings. The number of amides is 1. The Morgan fingerprint density at radius 3 is 2.44 bits per heavy atom. The van der Waals surface area contributed by atoms with E-state index in [1.54, 1.807) is 0 Å². The molecule has 0 unspecified atom stereocenters. The van der Waals surface area contributed by atoms with Crippen LogP contribution in [0.4, 0.5) is 5.69 Å². The highest BCUT2D eigenvalue weighted by molar-refractivity contribution is 7.99. The van der Waals surface area contributed by atoms with Gasteiger partial charge in [0.1, 0.15) is 0 Å². The van der Waals surface area contributed by atoms with Crippen molar-refractivity contribution >= 4 is 23.4 Å². The quantitative estimate of drug-likeness (QED) is 0.826. The van der Waals surface area contributed by atoms with Crippen LogP contribution in [0, 0.1) is 5.92 Å². The van der Waals surface area contributed by atoms with Crippen molar-refractivity contribution in [3.8, 4) is 0 Å². The second kappa shape index (κ2) is 8.11. The number of hydrogen-bond acceptors (Lipinski definition) is 4. The van der Waals surface area contributed by atoms with Gasteiger partial charge in [0.15, 0.2) is 0 Å². The van der Waals surface area contributed by atoms with Gasteiger partial charge in [0.05, 0.1) is 0 Å². The number of piperazine rings is 1. The van der Waals surface area contributed by atoms with E-state index in [1.807, 2.05) is 35.2 Å². The van der Waals surface area contributed by atoms with Crippen molar-refractivity contribution in [2.24, 2.45) is 5.92 Å². The Bertz CT molecular complexity index is 568. The first kappa shape index (κ1) is 17.4. The lowest BCUT2D eigenvalue weighted by molar-refractivity contribution is -0.117. The van der Waals surface area contributed by atoms with Crippen molar-refractivity contribution in [3.63, 3.8) is 0 Å². The monoisotopic (exact) mass is 359 g/mol. The van der Waals surface area contributed by atoms with E-state index in [1.165, 1.54) is 50.5 Å². The molecule has 0 N–H and O–H groups in total. The molecule has 25 heavy (non-hydrogen) atoms. The Kier molecular flexibility index (Phi) is 5.63. The van der Waals surface area contributed by atoms with Crippen LogP contribution in [0.5, 0.6) is 0 Å². The number of benzene rings is 1. The highest BCUT2D eigenvalue weighted by atomic mass is 32.2. The third kappa shape index (κ3) is 4.21. The van der Waals surface area contributed by atoms with Gasteiger partial charge >= 0.3 is 0 Å². The Morgan fingerprint density at radius 2 is 1.72 bits per heavy atom. The Hall–Kier alpha value is -1.04. The van der Waals surface area contributed by atoms with Gasteiger partial charge in [-0.3, -0.25) is 9.69 Å². The number of thioether (sulfide) groups is 1. The Balaban J connectivity index is 1.26. The van der Waals surface area contributed by atoms with E-state index in [-0.39, 0.29) is 5.91 Å². The molecule has 3 aliphatic heterocycles. The van der Waals surface area contributed by atoms with E-state index in [0.717, 1.165) is 24.8 Å². The van der Waals surface area contributed by atoms with Gasteiger partial charge in [-0.1, -0.05) is 18.2 Å². The van der Waals surface area contributed by atoms with Gasteiger partial charge in [-0.15, -0.1) is 0 Å². The van der Waals surface area contributed by atoms with Crippen LogP contribution in [-0.4, -0.2) is 72.5 Å². The summed E-state index contributed by atoms with van der Waals surface area (Å²) in [5.74, 6) is 3.44. The molecule has 3 saturated heterocycles. The lowest BCUT2D eigenvalue weighted by atomic mass is 10.1. The number of hydrogen-bond donors (Lipinski definition) is 0. The van der Waals surface area contributed by atoms with E-state index >= 15 is 0 Å². The molecule has 0 aliphatic carbocycles. The summed E-state index contributed by atoms with van der Waals surface area (Å²) in [7, 11) is 0. The summed E-state index contributed by atoms with van der Waals surface area (Å²) in [5.41, 5.74) is 1.05. The fourth-order valence-electron chi connectivity index (χ4n) is 4.49. The molecule has 0 aromatic heterocycles. The van der Waals surface area contributed by atoms with Gasteiger partial charge in [-0.05, 0) is 42.4 Å². The predicted molar refractivity (Wildman–Crippen MR) is 105 cm³/mol. The smallest absolute Gasteiger partial charge is 0.227 e. The molecule has 0 bridgehead atoms. The van der Waals surface area contributed by atoms with Crippen molar-refractivity contribution < 1.29 is 4.79 Å². The van der Waals surface area contributed by atoms with Crippen LogP contribution < -0.4 is 4.90 Å². The fourth-order valence-corrected chi connectivity index (χ4v) is 5.57. The number of carbonyl (C=O) groups excluding carboxylic acids is 1. The van der Waals surface area contributed by atoms with Crippen LogP contribution in [-0.2, 0) is 4.79 Å². The van der Waals surface area contributed by atoms with Crippen molar-refractivity contribution in [2.75, 3.05) is 55.7 Å². The number of nitrogens with zero attached hydrogens (tertiary/aromatic N) is 3. The van der Waals surface area contributed by atoms with Crippen molar-refractivity contribution in [1.29, 1.82) is 0 Å². The summed E-state index contributed by atoms with van der Waals surface area (Å²) in [6.45, 7) is 6.70. The molecular weight excluding hydrogens is 330 g/mol. The minimum Gasteiger partial charge on any atom is -0.312 e. The topological polar surface area (TPSA) is 26.8 Å². The summed E-state index contributed by atoms with van der Waals surface area (Å²) in [6.07, 6.45) is 3.44. The molecule has 0 radical (unpaired) electrons. The summed E-state index contributed by atoms with van der Waals surface area (Å²) < 4.78 is 0. The third-order valence-electron chi connectivity index (χ3n) is 5.90. The average molecular weight is 360 g/mol. The number of carbonyl (C=O) groups is 1. The van der Waals surface area contributed by atoms with Gasteiger partial charge in [0, 0.05) is 57.4 Å². The van der Waals surface area contributed by atoms with Crippen molar-refractivity contribution in [1.82, 2.24) is 9.80 Å². The van der Waals surface area contributed by atoms with E-state index < -0.39 is 0 Å². The van der Waals surface area contributed by atoms with Gasteiger partial charge < -0.3 is 9.80 Å². The van der Waals surface area contributed by atoms with Crippen molar-refractivity contribution in [2.45, 2.75) is 25.3 Å². The first-order chi connectivity index (χ1) is 12.3. The maximum atomic E-state index is 12.4. The van der Waals surface area contributed by atoms with Gasteiger partial charge in [0.25, 0.3) is 0 Å². The summed E-state index contributed by atoms with van der Waals surface area (Å²) >= 11 is 2.11. The van der Waals surface area contributed by atoms with Crippen LogP contribution in [0.2, 0.25) is 0 Å². The molecule has 0 spiro atoms. The maximum absolute atomic E-state index is 12.4. The standard InChI is InChI=1S/C20H29N3OS/c24-20-14-17(16-23(20)19-4-2-1-3-5-19)15-21-8-10-22(11-9-21)18-6-12-25-13-7-18/h1-5,17-18H,6-16H2/t17-/m1/s1. The largest absolute Gasteiger partial charge is 0.312 e. The number of para-hydroxylation sites is 1. The number of rotatable bonds is 4. The van der Waals surface area contributed by atoms with E-state index in [9.17, 15) is 4.79 Å². The number of anilines is 1. The molecule has 4 nitrogen and oxygen atoms in total. The lowest BCUT2D eigenvalue weighted by Gasteiger charge is -2.41. The molecule has 5 heteroatoms. The minimum absolute atomic E-state index is 0.287. The Labute approximate surface area is 155 Å². The summed E-state index contributed by atoms with van der Waals surface area (Å²) in [5, 5.41) is 0. The zero-order valence-electron chi connectivity index (χ0n) is 15.0. The second-order valence-corrected chi connectivity index (χ2v) is 8.81. The highest BCUT2D eigenvalue weighted by Gasteiger charge is 2.33. The molecule has 1 aromatic carbocycles. The molecule has 4 rings (SSSR count). The van der Waals surface area contributed by atoms with Crippen LogP contribution in [0.15, 0.2) is 30.3 Å². The Morgan fingerprint density at radius 1 is 1.00 bits per heavy atom. The second-order valence-electron chi connectivity index (χ2n) is 7.59. The maximum Gasteiger partial charge on any atom is 0.227 e. The van der Waals surface area contributed by atoms with Crippen LogP contribution >= 0.6 is 11.8 Å².